The van der Waals surface area contributed by atoms with Crippen LogP contribution in [0.15, 0.2) is 0 Å². The molecule has 148 valence electrons. The molecule has 0 spiro atoms. The van der Waals surface area contributed by atoms with Gasteiger partial charge in [0.15, 0.2) is 0 Å². The highest BCUT2D eigenvalue weighted by Gasteiger charge is 2.40. The molecule has 4 aliphatic rings. The summed E-state index contributed by atoms with van der Waals surface area (Å²) < 4.78 is 5.85. The molecule has 3 aliphatic heterocycles. The Morgan fingerprint density at radius 1 is 1.04 bits per heavy atom. The Hall–Kier alpha value is -0.650. The number of carbonyl (C=O) groups excluding carboxylic acids is 1. The van der Waals surface area contributed by atoms with Gasteiger partial charge in [0, 0.05) is 38.8 Å². The van der Waals surface area contributed by atoms with Gasteiger partial charge in [0.05, 0.1) is 18.2 Å². The van der Waals surface area contributed by atoms with E-state index in [1.807, 2.05) is 0 Å². The topological polar surface area (TPSA) is 44.8 Å². The fourth-order valence-electron chi connectivity index (χ4n) is 5.87. The Bertz CT molecular complexity index is 468. The lowest BCUT2D eigenvalue weighted by atomic mass is 9.85. The van der Waals surface area contributed by atoms with Crippen molar-refractivity contribution < 1.29 is 9.53 Å². The lowest BCUT2D eigenvalue weighted by Crippen LogP contribution is -2.51. The molecule has 26 heavy (non-hydrogen) atoms. The third-order valence-corrected chi connectivity index (χ3v) is 7.10. The van der Waals surface area contributed by atoms with Gasteiger partial charge < -0.3 is 15.0 Å². The van der Waals surface area contributed by atoms with Crippen molar-refractivity contribution in [3.63, 3.8) is 0 Å². The first-order chi connectivity index (χ1) is 12.6. The third kappa shape index (κ3) is 4.26. The van der Waals surface area contributed by atoms with Crippen LogP contribution >= 0.6 is 0 Å². The van der Waals surface area contributed by atoms with Crippen molar-refractivity contribution in [2.24, 2.45) is 11.8 Å². The van der Waals surface area contributed by atoms with Crippen molar-refractivity contribution in [2.75, 3.05) is 32.7 Å². The Kier molecular flexibility index (Phi) is 5.87. The largest absolute Gasteiger partial charge is 0.373 e. The highest BCUT2D eigenvalue weighted by Crippen LogP contribution is 2.34. The van der Waals surface area contributed by atoms with Crippen LogP contribution in [0, 0.1) is 11.8 Å². The van der Waals surface area contributed by atoms with Crippen molar-refractivity contribution in [3.8, 4) is 0 Å². The molecule has 5 heteroatoms. The molecule has 1 N–H and O–H groups in total. The van der Waals surface area contributed by atoms with Gasteiger partial charge in [-0.05, 0) is 57.8 Å². The average molecular weight is 364 g/mol. The van der Waals surface area contributed by atoms with E-state index in [-0.39, 0.29) is 6.04 Å². The number of hydrogen-bond acceptors (Lipinski definition) is 4. The molecule has 5 atom stereocenters. The summed E-state index contributed by atoms with van der Waals surface area (Å²) in [6.45, 7) is 9.54. The summed E-state index contributed by atoms with van der Waals surface area (Å²) in [4.78, 5) is 17.7. The van der Waals surface area contributed by atoms with E-state index < -0.39 is 0 Å². The molecule has 4 rings (SSSR count). The van der Waals surface area contributed by atoms with E-state index in [2.05, 4.69) is 29.0 Å². The molecule has 0 aromatic rings. The number of carbonyl (C=O) groups is 1. The van der Waals surface area contributed by atoms with E-state index >= 15 is 0 Å². The number of piperidine rings is 1. The molecule has 0 bridgehead atoms. The number of likely N-dealkylation sites (tertiary alicyclic amines) is 1. The number of ether oxygens (including phenoxy) is 1. The summed E-state index contributed by atoms with van der Waals surface area (Å²) in [7, 11) is 0. The van der Waals surface area contributed by atoms with Gasteiger partial charge in [0.25, 0.3) is 0 Å². The molecule has 0 aromatic carbocycles. The van der Waals surface area contributed by atoms with Gasteiger partial charge in [-0.3, -0.25) is 9.69 Å². The van der Waals surface area contributed by atoms with Gasteiger partial charge in [0.2, 0.25) is 5.91 Å². The first-order valence-electron chi connectivity index (χ1n) is 11.0. The minimum absolute atomic E-state index is 0.0978. The fourth-order valence-corrected chi connectivity index (χ4v) is 5.87. The second-order valence-electron chi connectivity index (χ2n) is 9.35. The van der Waals surface area contributed by atoms with Gasteiger partial charge in [-0.2, -0.15) is 0 Å². The number of rotatable bonds is 3. The fraction of sp³-hybridized carbons (Fsp3) is 0.952. The van der Waals surface area contributed by atoms with Gasteiger partial charge in [-0.25, -0.2) is 0 Å². The van der Waals surface area contributed by atoms with Crippen LogP contribution in [0.5, 0.6) is 0 Å². The number of nitrogens with zero attached hydrogens (tertiary/aromatic N) is 2. The molecule has 0 aromatic heterocycles. The lowest BCUT2D eigenvalue weighted by molar-refractivity contribution is -0.134. The summed E-state index contributed by atoms with van der Waals surface area (Å²) >= 11 is 0. The van der Waals surface area contributed by atoms with E-state index in [9.17, 15) is 4.79 Å². The van der Waals surface area contributed by atoms with Crippen LogP contribution in [0.3, 0.4) is 0 Å². The Labute approximate surface area is 158 Å². The quantitative estimate of drug-likeness (QED) is 0.835. The Morgan fingerprint density at radius 3 is 2.42 bits per heavy atom. The second-order valence-corrected chi connectivity index (χ2v) is 9.35. The Morgan fingerprint density at radius 2 is 1.73 bits per heavy atom. The summed E-state index contributed by atoms with van der Waals surface area (Å²) in [5.74, 6) is 1.86. The van der Waals surface area contributed by atoms with Crippen molar-refractivity contribution in [1.82, 2.24) is 15.1 Å². The molecule has 3 saturated heterocycles. The molecular weight excluding hydrogens is 326 g/mol. The zero-order chi connectivity index (χ0) is 18.1. The van der Waals surface area contributed by atoms with Crippen LogP contribution in [0.1, 0.15) is 58.8 Å². The summed E-state index contributed by atoms with van der Waals surface area (Å²) in [5.41, 5.74) is 0. The second kappa shape index (κ2) is 8.15. The molecule has 3 heterocycles. The molecule has 1 saturated carbocycles. The Balaban J connectivity index is 1.23. The van der Waals surface area contributed by atoms with E-state index in [4.69, 9.17) is 4.74 Å². The zero-order valence-corrected chi connectivity index (χ0v) is 16.7. The number of fused-ring (bicyclic) bond motifs is 1. The van der Waals surface area contributed by atoms with E-state index in [0.717, 1.165) is 57.3 Å². The van der Waals surface area contributed by atoms with Crippen LogP contribution in [-0.4, -0.2) is 72.7 Å². The van der Waals surface area contributed by atoms with Crippen LogP contribution in [0.25, 0.3) is 0 Å². The van der Waals surface area contributed by atoms with Crippen LogP contribution in [0.2, 0.25) is 0 Å². The lowest BCUT2D eigenvalue weighted by Gasteiger charge is -2.40. The predicted octanol–water partition coefficient (Wildman–Crippen LogP) is 2.25. The maximum atomic E-state index is 13.0. The number of amides is 1. The minimum atomic E-state index is 0.0978. The average Bonchev–Trinajstić information content (AvgIpc) is 3.05. The molecule has 1 aliphatic carbocycles. The summed E-state index contributed by atoms with van der Waals surface area (Å²) in [6, 6.07) is 0.709. The molecule has 4 fully saturated rings. The molecular formula is C21H37N3O2. The monoisotopic (exact) mass is 363 g/mol. The van der Waals surface area contributed by atoms with E-state index in [1.165, 1.54) is 32.2 Å². The zero-order valence-electron chi connectivity index (χ0n) is 16.7. The van der Waals surface area contributed by atoms with E-state index in [0.29, 0.717) is 24.2 Å². The maximum Gasteiger partial charge on any atom is 0.239 e. The van der Waals surface area contributed by atoms with Crippen molar-refractivity contribution in [3.05, 3.63) is 0 Å². The van der Waals surface area contributed by atoms with Crippen molar-refractivity contribution in [2.45, 2.75) is 83.1 Å². The maximum absolute atomic E-state index is 13.0. The highest BCUT2D eigenvalue weighted by molar-refractivity contribution is 5.82. The molecule has 5 nitrogen and oxygen atoms in total. The standard InChI is InChI=1S/C21H37N3O2/c1-15-12-23(13-16(2)26-15)14-17-7-9-24(10-8-17)21(25)20-11-18-5-3-4-6-19(18)22-20/h15-20,22H,3-14H2,1-2H3. The molecule has 5 unspecified atom stereocenters. The van der Waals surface area contributed by atoms with Gasteiger partial charge in [-0.15, -0.1) is 0 Å². The van der Waals surface area contributed by atoms with Gasteiger partial charge in [-0.1, -0.05) is 12.8 Å². The van der Waals surface area contributed by atoms with Crippen LogP contribution in [0.4, 0.5) is 0 Å². The third-order valence-electron chi connectivity index (χ3n) is 7.10. The SMILES string of the molecule is CC1CN(CC2CCN(C(=O)C3CC4CCCCC4N3)CC2)CC(C)O1. The first-order valence-corrected chi connectivity index (χ1v) is 11.0. The first kappa shape index (κ1) is 18.7. The van der Waals surface area contributed by atoms with Crippen molar-refractivity contribution >= 4 is 5.91 Å². The summed E-state index contributed by atoms with van der Waals surface area (Å²) in [5, 5.41) is 3.66. The molecule has 0 radical (unpaired) electrons. The number of morpholine rings is 1. The van der Waals surface area contributed by atoms with Gasteiger partial charge in [0.1, 0.15) is 0 Å². The molecule has 1 amide bonds. The van der Waals surface area contributed by atoms with Crippen molar-refractivity contribution in [1.29, 1.82) is 0 Å². The minimum Gasteiger partial charge on any atom is -0.373 e. The number of nitrogens with one attached hydrogen (secondary N) is 1. The van der Waals surface area contributed by atoms with Gasteiger partial charge >= 0.3 is 0 Å². The number of hydrogen-bond donors (Lipinski definition) is 1. The van der Waals surface area contributed by atoms with Crippen LogP contribution in [-0.2, 0) is 9.53 Å². The summed E-state index contributed by atoms with van der Waals surface area (Å²) in [6.07, 6.45) is 9.36. The highest BCUT2D eigenvalue weighted by atomic mass is 16.5. The van der Waals surface area contributed by atoms with Crippen LogP contribution < -0.4 is 5.32 Å². The normalized spacial score (nSPS) is 39.8. The smallest absolute Gasteiger partial charge is 0.239 e. The van der Waals surface area contributed by atoms with E-state index in [1.54, 1.807) is 0 Å². The predicted molar refractivity (Wildman–Crippen MR) is 103 cm³/mol.